The van der Waals surface area contributed by atoms with E-state index in [0.29, 0.717) is 46.0 Å². The molecule has 0 amide bonds. The minimum atomic E-state index is -1.98. The van der Waals surface area contributed by atoms with E-state index in [0.717, 1.165) is 22.4 Å². The van der Waals surface area contributed by atoms with E-state index in [1.165, 1.54) is 10.9 Å². The third kappa shape index (κ3) is 6.14. The lowest BCUT2D eigenvalue weighted by Crippen LogP contribution is -2.51. The normalized spacial score (nSPS) is 11.9. The Morgan fingerprint density at radius 2 is 1.49 bits per heavy atom. The second-order valence-corrected chi connectivity index (χ2v) is 18.3. The zero-order chi connectivity index (χ0) is 32.3. The lowest BCUT2D eigenvalue weighted by atomic mass is 9.96. The summed E-state index contributed by atoms with van der Waals surface area (Å²) in [6.07, 6.45) is 3.86. The van der Waals surface area contributed by atoms with E-state index in [-0.39, 0.29) is 5.78 Å². The summed E-state index contributed by atoms with van der Waals surface area (Å²) in [5, 5.41) is 1.17. The fourth-order valence-corrected chi connectivity index (χ4v) is 13.9. The standard InChI is InChI=1S/C38H44N2O4Si/c1-25(2)45(26(3)4,27(5)6)40-19-18-35-34(10-9-11-36(35)40)30-20-31(38(41)29-14-17-37(43-8)39-23-29)22-33(21-30)44-24-28-12-15-32(42-7)16-13-28/h9-23,25-27H,24H2,1-8H3. The van der Waals surface area contributed by atoms with Crippen LogP contribution in [0.15, 0.2) is 91.3 Å². The van der Waals surface area contributed by atoms with Crippen LogP contribution in [0.5, 0.6) is 17.4 Å². The number of pyridine rings is 1. The summed E-state index contributed by atoms with van der Waals surface area (Å²) < 4.78 is 19.5. The molecule has 5 aromatic rings. The first kappa shape index (κ1) is 32.0. The number of fused-ring (bicyclic) bond motifs is 1. The maximum absolute atomic E-state index is 13.8. The van der Waals surface area contributed by atoms with Crippen LogP contribution < -0.4 is 14.2 Å². The molecule has 0 saturated heterocycles. The highest BCUT2D eigenvalue weighted by Gasteiger charge is 2.45. The topological polar surface area (TPSA) is 62.6 Å². The van der Waals surface area contributed by atoms with Gasteiger partial charge >= 0.3 is 0 Å². The average molecular weight is 621 g/mol. The van der Waals surface area contributed by atoms with Gasteiger partial charge in [-0.15, -0.1) is 0 Å². The van der Waals surface area contributed by atoms with Gasteiger partial charge in [-0.25, -0.2) is 4.98 Å². The highest BCUT2D eigenvalue weighted by Crippen LogP contribution is 2.45. The van der Waals surface area contributed by atoms with Crippen molar-refractivity contribution >= 4 is 24.9 Å². The summed E-state index contributed by atoms with van der Waals surface area (Å²) in [6.45, 7) is 14.7. The first-order valence-electron chi connectivity index (χ1n) is 15.7. The first-order valence-corrected chi connectivity index (χ1v) is 17.8. The number of carbonyl (C=O) groups is 1. The Morgan fingerprint density at radius 3 is 2.09 bits per heavy atom. The van der Waals surface area contributed by atoms with Gasteiger partial charge in [0.1, 0.15) is 18.1 Å². The zero-order valence-electron chi connectivity index (χ0n) is 27.6. The number of nitrogens with zero attached hydrogens (tertiary/aromatic N) is 2. The largest absolute Gasteiger partial charge is 0.497 e. The number of rotatable bonds is 12. The van der Waals surface area contributed by atoms with Crippen LogP contribution >= 0.6 is 0 Å². The number of ketones is 1. The molecule has 0 aliphatic rings. The number of methoxy groups -OCH3 is 2. The molecule has 0 N–H and O–H groups in total. The molecule has 2 aromatic heterocycles. The Balaban J connectivity index is 1.62. The minimum absolute atomic E-state index is 0.128. The monoisotopic (exact) mass is 620 g/mol. The predicted octanol–water partition coefficient (Wildman–Crippen LogP) is 9.55. The van der Waals surface area contributed by atoms with Crippen molar-refractivity contribution in [2.24, 2.45) is 0 Å². The van der Waals surface area contributed by atoms with Gasteiger partial charge in [-0.2, -0.15) is 0 Å². The summed E-state index contributed by atoms with van der Waals surface area (Å²) in [7, 11) is 1.23. The van der Waals surface area contributed by atoms with Crippen LogP contribution in [-0.4, -0.2) is 37.5 Å². The third-order valence-corrected chi connectivity index (χ3v) is 16.0. The van der Waals surface area contributed by atoms with Crippen molar-refractivity contribution in [2.75, 3.05) is 14.2 Å². The SMILES string of the molecule is COc1ccc(COc2cc(C(=O)c3ccc(OC)nc3)cc(-c3cccc4c3ccn4[Si](C(C)C)(C(C)C)C(C)C)c2)cc1. The van der Waals surface area contributed by atoms with E-state index in [1.54, 1.807) is 32.5 Å². The number of hydrogen-bond acceptors (Lipinski definition) is 5. The fraction of sp³-hybridized carbons (Fsp3) is 0.316. The second kappa shape index (κ2) is 13.3. The first-order chi connectivity index (χ1) is 21.6. The molecular formula is C38H44N2O4Si. The van der Waals surface area contributed by atoms with Gasteiger partial charge < -0.3 is 18.4 Å². The predicted molar refractivity (Wildman–Crippen MR) is 185 cm³/mol. The van der Waals surface area contributed by atoms with Crippen LogP contribution in [0, 0.1) is 0 Å². The summed E-state index contributed by atoms with van der Waals surface area (Å²) in [4.78, 5) is 18.1. The van der Waals surface area contributed by atoms with Gasteiger partial charge in [0.2, 0.25) is 5.88 Å². The van der Waals surface area contributed by atoms with Crippen molar-refractivity contribution in [1.82, 2.24) is 9.22 Å². The molecule has 0 radical (unpaired) electrons. The van der Waals surface area contributed by atoms with Gasteiger partial charge in [0, 0.05) is 34.3 Å². The molecule has 3 aromatic carbocycles. The molecule has 0 bridgehead atoms. The summed E-state index contributed by atoms with van der Waals surface area (Å²) >= 11 is 0. The molecule has 0 saturated carbocycles. The van der Waals surface area contributed by atoms with Crippen molar-refractivity contribution in [3.05, 3.63) is 108 Å². The van der Waals surface area contributed by atoms with Gasteiger partial charge in [0.15, 0.2) is 14.0 Å². The lowest BCUT2D eigenvalue weighted by Gasteiger charge is -2.44. The summed E-state index contributed by atoms with van der Waals surface area (Å²) in [5.74, 6) is 1.75. The fourth-order valence-electron chi connectivity index (χ4n) is 7.25. The van der Waals surface area contributed by atoms with Gasteiger partial charge in [-0.1, -0.05) is 65.8 Å². The maximum atomic E-state index is 13.8. The Morgan fingerprint density at radius 1 is 0.778 bits per heavy atom. The highest BCUT2D eigenvalue weighted by molar-refractivity contribution is 6.82. The molecule has 2 heterocycles. The molecule has 7 heteroatoms. The molecule has 6 nitrogen and oxygen atoms in total. The van der Waals surface area contributed by atoms with E-state index < -0.39 is 8.24 Å². The molecule has 5 rings (SSSR count). The van der Waals surface area contributed by atoms with E-state index in [1.807, 2.05) is 42.5 Å². The van der Waals surface area contributed by atoms with Gasteiger partial charge in [0.05, 0.1) is 14.2 Å². The van der Waals surface area contributed by atoms with Crippen LogP contribution in [0.2, 0.25) is 16.6 Å². The zero-order valence-corrected chi connectivity index (χ0v) is 28.6. The Bertz CT molecular complexity index is 1750. The smallest absolute Gasteiger partial charge is 0.212 e. The van der Waals surface area contributed by atoms with Crippen LogP contribution in [0.3, 0.4) is 0 Å². The van der Waals surface area contributed by atoms with Crippen molar-refractivity contribution in [3.8, 4) is 28.5 Å². The quantitative estimate of drug-likeness (QED) is 0.103. The minimum Gasteiger partial charge on any atom is -0.497 e. The molecular weight excluding hydrogens is 577 g/mol. The van der Waals surface area contributed by atoms with Gasteiger partial charge in [-0.3, -0.25) is 4.79 Å². The third-order valence-electron chi connectivity index (χ3n) is 9.18. The number of carbonyl (C=O) groups excluding carboxylic acids is 1. The Hall–Kier alpha value is -4.36. The molecule has 0 aliphatic heterocycles. The summed E-state index contributed by atoms with van der Waals surface area (Å²) in [6, 6.07) is 25.8. The molecule has 0 unspecified atom stereocenters. The maximum Gasteiger partial charge on any atom is 0.212 e. The Labute approximate surface area is 268 Å². The summed E-state index contributed by atoms with van der Waals surface area (Å²) in [5.41, 5.74) is 6.97. The number of aromatic nitrogens is 2. The highest BCUT2D eigenvalue weighted by atomic mass is 28.3. The number of benzene rings is 3. The molecule has 234 valence electrons. The van der Waals surface area contributed by atoms with Crippen molar-refractivity contribution in [3.63, 3.8) is 0 Å². The Kier molecular flexibility index (Phi) is 9.49. The number of ether oxygens (including phenoxy) is 3. The number of hydrogen-bond donors (Lipinski definition) is 0. The van der Waals surface area contributed by atoms with E-state index in [9.17, 15) is 4.79 Å². The molecule has 0 fully saturated rings. The lowest BCUT2D eigenvalue weighted by molar-refractivity contribution is 0.103. The average Bonchev–Trinajstić information content (AvgIpc) is 3.47. The van der Waals surface area contributed by atoms with Crippen LogP contribution in [0.25, 0.3) is 22.0 Å². The van der Waals surface area contributed by atoms with Crippen LogP contribution in [-0.2, 0) is 6.61 Å². The van der Waals surface area contributed by atoms with E-state index >= 15 is 0 Å². The second-order valence-electron chi connectivity index (χ2n) is 12.6. The molecule has 0 atom stereocenters. The van der Waals surface area contributed by atoms with Gasteiger partial charge in [-0.05, 0) is 88.0 Å². The van der Waals surface area contributed by atoms with Crippen LogP contribution in [0.1, 0.15) is 63.0 Å². The van der Waals surface area contributed by atoms with E-state index in [2.05, 4.69) is 81.2 Å². The molecule has 0 aliphatic carbocycles. The molecule has 45 heavy (non-hydrogen) atoms. The van der Waals surface area contributed by atoms with Crippen molar-refractivity contribution in [1.29, 1.82) is 0 Å². The molecule has 0 spiro atoms. The van der Waals surface area contributed by atoms with Crippen molar-refractivity contribution in [2.45, 2.75) is 64.8 Å². The van der Waals surface area contributed by atoms with Gasteiger partial charge in [0.25, 0.3) is 0 Å². The van der Waals surface area contributed by atoms with Crippen molar-refractivity contribution < 1.29 is 19.0 Å². The van der Waals surface area contributed by atoms with E-state index in [4.69, 9.17) is 14.2 Å². The van der Waals surface area contributed by atoms with Crippen LogP contribution in [0.4, 0.5) is 0 Å².